The van der Waals surface area contributed by atoms with E-state index in [1.165, 1.54) is 0 Å². The van der Waals surface area contributed by atoms with Gasteiger partial charge < -0.3 is 20.1 Å². The van der Waals surface area contributed by atoms with E-state index in [1.807, 2.05) is 19.1 Å². The van der Waals surface area contributed by atoms with Gasteiger partial charge in [0, 0.05) is 32.5 Å². The van der Waals surface area contributed by atoms with Crippen LogP contribution in [0.2, 0.25) is 0 Å². The van der Waals surface area contributed by atoms with Gasteiger partial charge in [0.05, 0.1) is 12.7 Å². The summed E-state index contributed by atoms with van der Waals surface area (Å²) < 4.78 is 10.9. The van der Waals surface area contributed by atoms with Gasteiger partial charge in [-0.3, -0.25) is 9.98 Å². The number of halogens is 1. The fourth-order valence-corrected chi connectivity index (χ4v) is 1.76. The van der Waals surface area contributed by atoms with Gasteiger partial charge in [-0.1, -0.05) is 0 Å². The minimum absolute atomic E-state index is 0. The summed E-state index contributed by atoms with van der Waals surface area (Å²) in [5.74, 6) is 1.61. The number of unbranched alkanes of at least 4 members (excludes halogenated alkanes) is 1. The van der Waals surface area contributed by atoms with Crippen LogP contribution in [0.15, 0.2) is 29.5 Å². The lowest BCUT2D eigenvalue weighted by Crippen LogP contribution is -2.39. The van der Waals surface area contributed by atoms with Crippen molar-refractivity contribution >= 4 is 29.9 Å². The van der Waals surface area contributed by atoms with Gasteiger partial charge in [-0.25, -0.2) is 0 Å². The number of aliphatic imine (C=N–C) groups is 1. The van der Waals surface area contributed by atoms with Crippen LogP contribution in [0.3, 0.4) is 0 Å². The Labute approximate surface area is 156 Å². The molecule has 0 aromatic carbocycles. The van der Waals surface area contributed by atoms with Gasteiger partial charge in [0.1, 0.15) is 12.4 Å². The van der Waals surface area contributed by atoms with Crippen LogP contribution in [-0.2, 0) is 4.74 Å². The lowest BCUT2D eigenvalue weighted by Gasteiger charge is -2.12. The second kappa shape index (κ2) is 15.8. The summed E-state index contributed by atoms with van der Waals surface area (Å²) in [6.45, 7) is 8.57. The molecule has 0 amide bonds. The zero-order valence-electron chi connectivity index (χ0n) is 14.1. The molecule has 0 unspecified atom stereocenters. The largest absolute Gasteiger partial charge is 0.490 e. The first-order valence-electron chi connectivity index (χ1n) is 7.99. The number of aromatic nitrogens is 1. The van der Waals surface area contributed by atoms with Crippen molar-refractivity contribution in [3.05, 3.63) is 24.5 Å². The van der Waals surface area contributed by atoms with Crippen molar-refractivity contribution in [1.82, 2.24) is 15.6 Å². The Bertz CT molecular complexity index is 404. The summed E-state index contributed by atoms with van der Waals surface area (Å²) in [5, 5.41) is 6.48. The molecule has 6 nitrogen and oxygen atoms in total. The summed E-state index contributed by atoms with van der Waals surface area (Å²) >= 11 is 0. The molecule has 0 atom stereocenters. The van der Waals surface area contributed by atoms with Gasteiger partial charge in [-0.05, 0) is 38.8 Å². The molecule has 1 aromatic rings. The molecule has 0 aliphatic carbocycles. The highest BCUT2D eigenvalue weighted by molar-refractivity contribution is 14.0. The Balaban J connectivity index is 0.00000484. The number of ether oxygens (including phenoxy) is 2. The van der Waals surface area contributed by atoms with Gasteiger partial charge in [0.2, 0.25) is 0 Å². The number of guanidine groups is 1. The first kappa shape index (κ1) is 21.9. The molecular formula is C16H29IN4O2. The Hall–Kier alpha value is -1.09. The third-order valence-electron chi connectivity index (χ3n) is 2.81. The molecule has 1 aromatic heterocycles. The molecule has 0 saturated carbocycles. The predicted octanol–water partition coefficient (Wildman–Crippen LogP) is 2.45. The zero-order chi connectivity index (χ0) is 15.9. The maximum atomic E-state index is 5.58. The van der Waals surface area contributed by atoms with Gasteiger partial charge >= 0.3 is 0 Å². The van der Waals surface area contributed by atoms with Crippen LogP contribution in [0.5, 0.6) is 5.75 Å². The quantitative estimate of drug-likeness (QED) is 0.242. The van der Waals surface area contributed by atoms with E-state index in [-0.39, 0.29) is 24.0 Å². The predicted molar refractivity (Wildman–Crippen MR) is 105 cm³/mol. The van der Waals surface area contributed by atoms with Crippen LogP contribution in [0.25, 0.3) is 0 Å². The van der Waals surface area contributed by atoms with Crippen molar-refractivity contribution in [2.45, 2.75) is 26.7 Å². The minimum atomic E-state index is 0. The first-order valence-corrected chi connectivity index (χ1v) is 7.99. The summed E-state index contributed by atoms with van der Waals surface area (Å²) in [4.78, 5) is 8.53. The zero-order valence-corrected chi connectivity index (χ0v) is 16.4. The van der Waals surface area contributed by atoms with E-state index in [0.717, 1.165) is 50.9 Å². The first-order chi connectivity index (χ1) is 10.9. The topological polar surface area (TPSA) is 67.8 Å². The molecule has 132 valence electrons. The Kier molecular flexibility index (Phi) is 15.0. The van der Waals surface area contributed by atoms with Crippen molar-refractivity contribution < 1.29 is 9.47 Å². The van der Waals surface area contributed by atoms with Gasteiger partial charge in [-0.15, -0.1) is 24.0 Å². The van der Waals surface area contributed by atoms with Crippen molar-refractivity contribution in [3.63, 3.8) is 0 Å². The average molecular weight is 436 g/mol. The molecular weight excluding hydrogens is 407 g/mol. The number of nitrogens with one attached hydrogen (secondary N) is 2. The van der Waals surface area contributed by atoms with E-state index >= 15 is 0 Å². The third kappa shape index (κ3) is 12.1. The van der Waals surface area contributed by atoms with Crippen molar-refractivity contribution in [2.24, 2.45) is 4.99 Å². The number of hydrogen-bond donors (Lipinski definition) is 2. The molecule has 0 spiro atoms. The van der Waals surface area contributed by atoms with Crippen molar-refractivity contribution in [3.8, 4) is 5.75 Å². The summed E-state index contributed by atoms with van der Waals surface area (Å²) in [5.41, 5.74) is 0. The normalized spacial score (nSPS) is 10.8. The molecule has 0 fully saturated rings. The Morgan fingerprint density at radius 2 is 2.09 bits per heavy atom. The van der Waals surface area contributed by atoms with Crippen LogP contribution in [-0.4, -0.2) is 50.4 Å². The van der Waals surface area contributed by atoms with Crippen LogP contribution in [0, 0.1) is 0 Å². The van der Waals surface area contributed by atoms with E-state index in [0.29, 0.717) is 13.2 Å². The van der Waals surface area contributed by atoms with E-state index in [9.17, 15) is 0 Å². The fraction of sp³-hybridized carbons (Fsp3) is 0.625. The van der Waals surface area contributed by atoms with Gasteiger partial charge in [0.15, 0.2) is 5.96 Å². The Morgan fingerprint density at radius 3 is 2.78 bits per heavy atom. The summed E-state index contributed by atoms with van der Waals surface area (Å²) in [6.07, 6.45) is 5.51. The lowest BCUT2D eigenvalue weighted by molar-refractivity contribution is 0.144. The van der Waals surface area contributed by atoms with Crippen LogP contribution in [0.4, 0.5) is 0 Å². The number of nitrogens with zero attached hydrogens (tertiary/aromatic N) is 2. The monoisotopic (exact) mass is 436 g/mol. The lowest BCUT2D eigenvalue weighted by atomic mass is 10.3. The Morgan fingerprint density at radius 1 is 1.22 bits per heavy atom. The minimum Gasteiger partial charge on any atom is -0.490 e. The molecule has 0 radical (unpaired) electrons. The second-order valence-corrected chi connectivity index (χ2v) is 4.63. The molecule has 1 rings (SSSR count). The third-order valence-corrected chi connectivity index (χ3v) is 2.81. The number of hydrogen-bond acceptors (Lipinski definition) is 4. The van der Waals surface area contributed by atoms with Crippen LogP contribution < -0.4 is 15.4 Å². The second-order valence-electron chi connectivity index (χ2n) is 4.63. The summed E-state index contributed by atoms with van der Waals surface area (Å²) in [7, 11) is 0. The highest BCUT2D eigenvalue weighted by Gasteiger charge is 1.97. The highest BCUT2D eigenvalue weighted by Crippen LogP contribution is 2.04. The van der Waals surface area contributed by atoms with Gasteiger partial charge in [0.25, 0.3) is 0 Å². The van der Waals surface area contributed by atoms with E-state index in [1.54, 1.807) is 12.4 Å². The van der Waals surface area contributed by atoms with Crippen molar-refractivity contribution in [2.75, 3.05) is 39.5 Å². The maximum Gasteiger partial charge on any atom is 0.191 e. The smallest absolute Gasteiger partial charge is 0.191 e. The number of pyridine rings is 1. The SMILES string of the molecule is CCNC(=NCCCCOCC)NCCOc1cccnc1.I. The molecule has 0 aliphatic rings. The molecule has 1 heterocycles. The maximum absolute atomic E-state index is 5.58. The summed E-state index contributed by atoms with van der Waals surface area (Å²) in [6, 6.07) is 3.75. The molecule has 2 N–H and O–H groups in total. The molecule has 0 bridgehead atoms. The van der Waals surface area contributed by atoms with Crippen molar-refractivity contribution in [1.29, 1.82) is 0 Å². The van der Waals surface area contributed by atoms with E-state index < -0.39 is 0 Å². The van der Waals surface area contributed by atoms with E-state index in [4.69, 9.17) is 9.47 Å². The highest BCUT2D eigenvalue weighted by atomic mass is 127. The molecule has 23 heavy (non-hydrogen) atoms. The molecule has 0 aliphatic heterocycles. The fourth-order valence-electron chi connectivity index (χ4n) is 1.76. The van der Waals surface area contributed by atoms with Crippen LogP contribution >= 0.6 is 24.0 Å². The number of rotatable bonds is 11. The van der Waals surface area contributed by atoms with E-state index in [2.05, 4.69) is 27.5 Å². The molecule has 7 heteroatoms. The standard InChI is InChI=1S/C16H28N4O2.HI/c1-3-18-16(19-10-5-6-12-21-4-2)20-11-13-22-15-8-7-9-17-14-15;/h7-9,14H,3-6,10-13H2,1-2H3,(H2,18,19,20);1H. The average Bonchev–Trinajstić information content (AvgIpc) is 2.55. The van der Waals surface area contributed by atoms with Gasteiger partial charge in [-0.2, -0.15) is 0 Å². The molecule has 0 saturated heterocycles. The van der Waals surface area contributed by atoms with Crippen LogP contribution in [0.1, 0.15) is 26.7 Å².